The Morgan fingerprint density at radius 3 is 2.50 bits per heavy atom. The van der Waals surface area contributed by atoms with Crippen molar-refractivity contribution in [1.82, 2.24) is 20.4 Å². The van der Waals surface area contributed by atoms with Crippen LogP contribution in [0.2, 0.25) is 5.02 Å². The lowest BCUT2D eigenvalue weighted by atomic mass is 10.0. The zero-order chi connectivity index (χ0) is 25.1. The largest absolute Gasteiger partial charge is 0.430 e. The minimum Gasteiger partial charge on any atom is -0.430 e. The smallest absolute Gasteiger partial charge is 0.409 e. The van der Waals surface area contributed by atoms with Crippen molar-refractivity contribution < 1.29 is 18.7 Å². The van der Waals surface area contributed by atoms with Gasteiger partial charge in [0.05, 0.1) is 16.6 Å². The van der Waals surface area contributed by atoms with Gasteiger partial charge in [0.1, 0.15) is 5.82 Å². The highest BCUT2D eigenvalue weighted by molar-refractivity contribution is 6.33. The maximum Gasteiger partial charge on any atom is 0.409 e. The Hall–Kier alpha value is -2.68. The second kappa shape index (κ2) is 11.2. The molecule has 0 radical (unpaired) electrons. The van der Waals surface area contributed by atoms with E-state index in [1.165, 1.54) is 12.1 Å². The number of nitrogens with zero attached hydrogens (tertiary/aromatic N) is 2. The van der Waals surface area contributed by atoms with Crippen molar-refractivity contribution in [2.45, 2.75) is 31.5 Å². The van der Waals surface area contributed by atoms with E-state index in [9.17, 15) is 14.0 Å². The fraction of sp³-hybridized carbons (Fsp3) is 0.481. The van der Waals surface area contributed by atoms with Crippen molar-refractivity contribution in [3.05, 3.63) is 70.5 Å². The van der Waals surface area contributed by atoms with Gasteiger partial charge in [-0.05, 0) is 55.3 Å². The molecule has 192 valence electrons. The monoisotopic (exact) mass is 514 g/mol. The van der Waals surface area contributed by atoms with Crippen molar-refractivity contribution in [1.29, 1.82) is 0 Å². The van der Waals surface area contributed by atoms with Crippen molar-refractivity contribution >= 4 is 23.6 Å². The molecule has 2 amide bonds. The molecule has 2 aromatic carbocycles. The highest BCUT2D eigenvalue weighted by atomic mass is 35.5. The summed E-state index contributed by atoms with van der Waals surface area (Å²) in [5.41, 5.74) is 1.01. The van der Waals surface area contributed by atoms with Crippen LogP contribution in [0.4, 0.5) is 9.18 Å². The molecule has 3 saturated heterocycles. The fourth-order valence-electron chi connectivity index (χ4n) is 5.68. The molecule has 0 saturated carbocycles. The summed E-state index contributed by atoms with van der Waals surface area (Å²) in [5, 5.41) is 6.39. The molecular weight excluding hydrogens is 483 g/mol. The number of likely N-dealkylation sites (tertiary alicyclic amines) is 2. The molecule has 2 unspecified atom stereocenters. The Morgan fingerprint density at radius 1 is 1.08 bits per heavy atom. The molecule has 3 aliphatic rings. The van der Waals surface area contributed by atoms with Gasteiger partial charge in [-0.3, -0.25) is 10.1 Å². The number of hydrogen-bond donors (Lipinski definition) is 2. The minimum atomic E-state index is -0.576. The van der Waals surface area contributed by atoms with E-state index in [-0.39, 0.29) is 28.8 Å². The number of carbonyl (C=O) groups is 2. The first-order valence-corrected chi connectivity index (χ1v) is 13.1. The predicted molar refractivity (Wildman–Crippen MR) is 135 cm³/mol. The number of benzene rings is 2. The summed E-state index contributed by atoms with van der Waals surface area (Å²) in [7, 11) is 0. The van der Waals surface area contributed by atoms with Gasteiger partial charge in [-0.15, -0.1) is 0 Å². The molecule has 5 rings (SSSR count). The van der Waals surface area contributed by atoms with E-state index in [0.29, 0.717) is 24.9 Å². The molecule has 2 N–H and O–H groups in total. The van der Waals surface area contributed by atoms with Gasteiger partial charge < -0.3 is 19.9 Å². The van der Waals surface area contributed by atoms with Crippen molar-refractivity contribution in [2.75, 3.05) is 39.3 Å². The molecule has 3 fully saturated rings. The summed E-state index contributed by atoms with van der Waals surface area (Å²) < 4.78 is 19.8. The van der Waals surface area contributed by atoms with E-state index >= 15 is 0 Å². The molecule has 0 aliphatic carbocycles. The summed E-state index contributed by atoms with van der Waals surface area (Å²) in [6, 6.07) is 14.1. The standard InChI is InChI=1S/C27H32ClFN4O3/c28-21-8-4-9-22(29)25(21)26(34)33-16-19-14-32(15-20(19)17-33)13-11-23(18-6-2-1-3-7-18)31-27(35)36-24-10-5-12-30-24/h1-4,6-9,19-20,23-24,30H,5,10-17H2,(H,31,35)/t19-,20?,23?,24-/m0/s1. The third kappa shape index (κ3) is 5.66. The molecule has 36 heavy (non-hydrogen) atoms. The normalized spacial score (nSPS) is 24.5. The molecule has 0 bridgehead atoms. The van der Waals surface area contributed by atoms with Gasteiger partial charge in [-0.1, -0.05) is 48.0 Å². The number of fused-ring (bicyclic) bond motifs is 1. The van der Waals surface area contributed by atoms with E-state index in [4.69, 9.17) is 16.3 Å². The van der Waals surface area contributed by atoms with Gasteiger partial charge in [0.15, 0.2) is 6.23 Å². The first-order valence-electron chi connectivity index (χ1n) is 12.7. The predicted octanol–water partition coefficient (Wildman–Crippen LogP) is 4.05. The van der Waals surface area contributed by atoms with Crippen LogP contribution in [-0.4, -0.2) is 67.3 Å². The number of ether oxygens (including phenoxy) is 1. The Kier molecular flexibility index (Phi) is 7.74. The summed E-state index contributed by atoms with van der Waals surface area (Å²) >= 11 is 6.11. The van der Waals surface area contributed by atoms with Crippen LogP contribution in [0.25, 0.3) is 0 Å². The Balaban J connectivity index is 1.15. The van der Waals surface area contributed by atoms with E-state index in [1.807, 2.05) is 30.3 Å². The molecule has 9 heteroatoms. The van der Waals surface area contributed by atoms with Crippen LogP contribution in [0.15, 0.2) is 48.5 Å². The molecule has 4 atom stereocenters. The molecule has 0 spiro atoms. The number of halogens is 2. The van der Waals surface area contributed by atoms with Crippen molar-refractivity contribution in [2.24, 2.45) is 11.8 Å². The number of hydrogen-bond acceptors (Lipinski definition) is 5. The number of rotatable bonds is 7. The fourth-order valence-corrected chi connectivity index (χ4v) is 5.92. The quantitative estimate of drug-likeness (QED) is 0.583. The van der Waals surface area contributed by atoms with Crippen molar-refractivity contribution in [3.8, 4) is 0 Å². The van der Waals surface area contributed by atoms with Crippen LogP contribution in [0.1, 0.15) is 41.2 Å². The third-order valence-electron chi connectivity index (χ3n) is 7.52. The number of amides is 2. The van der Waals surface area contributed by atoms with Gasteiger partial charge in [0.2, 0.25) is 0 Å². The third-order valence-corrected chi connectivity index (χ3v) is 7.83. The maximum atomic E-state index is 14.2. The van der Waals surface area contributed by atoms with Crippen LogP contribution in [0, 0.1) is 17.7 Å². The minimum absolute atomic E-state index is 0.0348. The van der Waals surface area contributed by atoms with E-state index in [0.717, 1.165) is 51.0 Å². The van der Waals surface area contributed by atoms with Gasteiger partial charge >= 0.3 is 6.09 Å². The average molecular weight is 515 g/mol. The lowest BCUT2D eigenvalue weighted by Gasteiger charge is -2.25. The molecule has 0 aromatic heterocycles. The van der Waals surface area contributed by atoms with Crippen LogP contribution >= 0.6 is 11.6 Å². The second-order valence-corrected chi connectivity index (χ2v) is 10.4. The van der Waals surface area contributed by atoms with E-state index in [2.05, 4.69) is 15.5 Å². The van der Waals surface area contributed by atoms with Crippen LogP contribution in [-0.2, 0) is 4.74 Å². The first kappa shape index (κ1) is 25.0. The molecule has 3 aliphatic heterocycles. The lowest BCUT2D eigenvalue weighted by molar-refractivity contribution is 0.0769. The summed E-state index contributed by atoms with van der Waals surface area (Å²) in [6.07, 6.45) is 1.98. The van der Waals surface area contributed by atoms with Crippen LogP contribution in [0.3, 0.4) is 0 Å². The van der Waals surface area contributed by atoms with Crippen molar-refractivity contribution in [3.63, 3.8) is 0 Å². The number of alkyl carbamates (subject to hydrolysis) is 1. The number of carbonyl (C=O) groups excluding carboxylic acids is 2. The Bertz CT molecular complexity index is 1050. The van der Waals surface area contributed by atoms with Crippen LogP contribution < -0.4 is 10.6 Å². The molecule has 3 heterocycles. The summed E-state index contributed by atoms with van der Waals surface area (Å²) in [5.74, 6) is -0.211. The zero-order valence-corrected chi connectivity index (χ0v) is 20.9. The summed E-state index contributed by atoms with van der Waals surface area (Å²) in [4.78, 5) is 29.6. The highest BCUT2D eigenvalue weighted by Crippen LogP contribution is 2.33. The van der Waals surface area contributed by atoms with E-state index in [1.54, 1.807) is 11.0 Å². The summed E-state index contributed by atoms with van der Waals surface area (Å²) in [6.45, 7) is 4.64. The molecular formula is C27H32ClFN4O3. The lowest BCUT2D eigenvalue weighted by Crippen LogP contribution is -2.37. The average Bonchev–Trinajstić information content (AvgIpc) is 3.59. The second-order valence-electron chi connectivity index (χ2n) is 9.97. The Labute approximate surface area is 215 Å². The molecule has 2 aromatic rings. The first-order chi connectivity index (χ1) is 17.5. The topological polar surface area (TPSA) is 73.9 Å². The van der Waals surface area contributed by atoms with Gasteiger partial charge in [-0.25, -0.2) is 9.18 Å². The number of nitrogens with one attached hydrogen (secondary N) is 2. The van der Waals surface area contributed by atoms with Crippen LogP contribution in [0.5, 0.6) is 0 Å². The Morgan fingerprint density at radius 2 is 1.83 bits per heavy atom. The molecule has 7 nitrogen and oxygen atoms in total. The SMILES string of the molecule is O=C(NC(CCN1CC2CN(C(=O)c3c(F)cccc3Cl)C[C@@H]2C1)c1ccccc1)O[C@H]1CCCN1. The maximum absolute atomic E-state index is 14.2. The highest BCUT2D eigenvalue weighted by Gasteiger charge is 2.42. The van der Waals surface area contributed by atoms with E-state index < -0.39 is 11.9 Å². The van der Waals surface area contributed by atoms with Gasteiger partial charge in [0.25, 0.3) is 5.91 Å². The zero-order valence-electron chi connectivity index (χ0n) is 20.2. The van der Waals surface area contributed by atoms with Gasteiger partial charge in [-0.2, -0.15) is 0 Å². The van der Waals surface area contributed by atoms with Gasteiger partial charge in [0, 0.05) is 32.7 Å².